The first-order chi connectivity index (χ1) is 16.9. The van der Waals surface area contributed by atoms with Crippen LogP contribution in [0.2, 0.25) is 0 Å². The van der Waals surface area contributed by atoms with Crippen molar-refractivity contribution in [3.8, 4) is 5.75 Å². The number of nitrogens with zero attached hydrogens (tertiary/aromatic N) is 1. The van der Waals surface area contributed by atoms with Crippen LogP contribution in [-0.4, -0.2) is 54.5 Å². The van der Waals surface area contributed by atoms with Gasteiger partial charge in [-0.15, -0.1) is 0 Å². The Morgan fingerprint density at radius 2 is 1.89 bits per heavy atom. The fraction of sp³-hybridized carbons (Fsp3) is 0.444. The van der Waals surface area contributed by atoms with Crippen molar-refractivity contribution >= 4 is 23.4 Å². The summed E-state index contributed by atoms with van der Waals surface area (Å²) in [6, 6.07) is 14.7. The lowest BCUT2D eigenvalue weighted by atomic mass is 9.94. The number of carbonyl (C=O) groups excluding carboxylic acids is 3. The molecule has 2 aromatic carbocycles. The van der Waals surface area contributed by atoms with Crippen LogP contribution in [0, 0.1) is 0 Å². The molecule has 1 fully saturated rings. The maximum atomic E-state index is 13.3. The summed E-state index contributed by atoms with van der Waals surface area (Å²) in [5.74, 6) is 0.139. The van der Waals surface area contributed by atoms with Gasteiger partial charge < -0.3 is 25.0 Å². The predicted octanol–water partition coefficient (Wildman–Crippen LogP) is 3.51. The van der Waals surface area contributed by atoms with E-state index in [-0.39, 0.29) is 49.0 Å². The summed E-state index contributed by atoms with van der Waals surface area (Å²) in [6.07, 6.45) is 2.28. The molecule has 2 aliphatic heterocycles. The van der Waals surface area contributed by atoms with Gasteiger partial charge in [-0.05, 0) is 43.0 Å². The van der Waals surface area contributed by atoms with Gasteiger partial charge in [-0.2, -0.15) is 0 Å². The lowest BCUT2D eigenvalue weighted by molar-refractivity contribution is -0.134. The van der Waals surface area contributed by atoms with Crippen LogP contribution in [0.15, 0.2) is 48.5 Å². The standard InChI is InChI=1S/C27H33N3O5/c1-3-7-25(31)29-19-10-13-23-21(14-19)27(33)30(2)22-12-11-20(35-24(22)17-34-23)15-26(32)28-16-18-8-5-4-6-9-18/h4-6,8-10,13-14,20,22,24H,3,7,11-12,15-17H2,1-2H3,(H,28,32)(H,29,31)/t20-,22+,24-/m0/s1. The first-order valence-corrected chi connectivity index (χ1v) is 12.2. The molecule has 35 heavy (non-hydrogen) atoms. The van der Waals surface area contributed by atoms with Crippen molar-refractivity contribution in [2.45, 2.75) is 63.8 Å². The van der Waals surface area contributed by atoms with E-state index in [1.807, 2.05) is 37.3 Å². The molecule has 3 atom stereocenters. The second-order valence-corrected chi connectivity index (χ2v) is 9.14. The molecule has 2 heterocycles. The van der Waals surface area contributed by atoms with Gasteiger partial charge >= 0.3 is 0 Å². The van der Waals surface area contributed by atoms with Crippen molar-refractivity contribution in [1.82, 2.24) is 10.2 Å². The van der Waals surface area contributed by atoms with Crippen LogP contribution in [0.1, 0.15) is 54.9 Å². The van der Waals surface area contributed by atoms with Gasteiger partial charge in [0.25, 0.3) is 5.91 Å². The largest absolute Gasteiger partial charge is 0.490 e. The lowest BCUT2D eigenvalue weighted by Crippen LogP contribution is -2.53. The Hall–Kier alpha value is -3.39. The fourth-order valence-corrected chi connectivity index (χ4v) is 4.63. The first-order valence-electron chi connectivity index (χ1n) is 12.2. The fourth-order valence-electron chi connectivity index (χ4n) is 4.63. The molecule has 0 aromatic heterocycles. The van der Waals surface area contributed by atoms with E-state index in [0.29, 0.717) is 36.4 Å². The van der Waals surface area contributed by atoms with E-state index in [0.717, 1.165) is 18.4 Å². The Morgan fingerprint density at radius 1 is 1.09 bits per heavy atom. The number of benzene rings is 2. The Kier molecular flexibility index (Phi) is 8.02. The summed E-state index contributed by atoms with van der Waals surface area (Å²) in [5.41, 5.74) is 2.04. The molecule has 8 nitrogen and oxygen atoms in total. The molecule has 2 aromatic rings. The summed E-state index contributed by atoms with van der Waals surface area (Å²) in [5, 5.41) is 5.79. The van der Waals surface area contributed by atoms with Gasteiger partial charge in [0.15, 0.2) is 0 Å². The highest BCUT2D eigenvalue weighted by Crippen LogP contribution is 2.32. The molecule has 1 saturated heterocycles. The highest BCUT2D eigenvalue weighted by Gasteiger charge is 2.39. The number of likely N-dealkylation sites (N-methyl/N-ethyl adjacent to an activating group) is 1. The van der Waals surface area contributed by atoms with Crippen LogP contribution in [0.5, 0.6) is 5.75 Å². The molecule has 2 N–H and O–H groups in total. The van der Waals surface area contributed by atoms with Gasteiger partial charge in [0.05, 0.1) is 24.1 Å². The van der Waals surface area contributed by atoms with Crippen molar-refractivity contribution < 1.29 is 23.9 Å². The van der Waals surface area contributed by atoms with Gasteiger partial charge in [-0.25, -0.2) is 0 Å². The number of rotatable bonds is 7. The maximum absolute atomic E-state index is 13.3. The van der Waals surface area contributed by atoms with E-state index < -0.39 is 0 Å². The molecule has 4 rings (SSSR count). The van der Waals surface area contributed by atoms with Crippen LogP contribution in [0.3, 0.4) is 0 Å². The van der Waals surface area contributed by atoms with E-state index in [1.165, 1.54) is 0 Å². The molecule has 0 bridgehead atoms. The number of fused-ring (bicyclic) bond motifs is 2. The first kappa shape index (κ1) is 24.7. The topological polar surface area (TPSA) is 97.0 Å². The van der Waals surface area contributed by atoms with E-state index in [4.69, 9.17) is 9.47 Å². The summed E-state index contributed by atoms with van der Waals surface area (Å²) in [7, 11) is 1.77. The van der Waals surface area contributed by atoms with Crippen molar-refractivity contribution in [2.75, 3.05) is 19.0 Å². The summed E-state index contributed by atoms with van der Waals surface area (Å²) >= 11 is 0. The molecule has 0 aliphatic carbocycles. The Balaban J connectivity index is 1.38. The quantitative estimate of drug-likeness (QED) is 0.634. The van der Waals surface area contributed by atoms with Crippen molar-refractivity contribution in [3.63, 3.8) is 0 Å². The summed E-state index contributed by atoms with van der Waals surface area (Å²) in [6.45, 7) is 2.70. The van der Waals surface area contributed by atoms with E-state index >= 15 is 0 Å². The van der Waals surface area contributed by atoms with Gasteiger partial charge in [0, 0.05) is 25.7 Å². The highest BCUT2D eigenvalue weighted by molar-refractivity contribution is 5.99. The SMILES string of the molecule is CCCC(=O)Nc1ccc2c(c1)C(=O)N(C)[C@@H]1CC[C@@H](CC(=O)NCc3ccccc3)O[C@H]1CO2. The van der Waals surface area contributed by atoms with E-state index in [2.05, 4.69) is 10.6 Å². The van der Waals surface area contributed by atoms with Crippen molar-refractivity contribution in [2.24, 2.45) is 0 Å². The zero-order valence-electron chi connectivity index (χ0n) is 20.3. The van der Waals surface area contributed by atoms with Crippen LogP contribution in [0.25, 0.3) is 0 Å². The zero-order valence-corrected chi connectivity index (χ0v) is 20.3. The minimum absolute atomic E-state index is 0.0588. The van der Waals surface area contributed by atoms with Gasteiger partial charge in [0.1, 0.15) is 18.5 Å². The van der Waals surface area contributed by atoms with Crippen LogP contribution >= 0.6 is 0 Å². The molecule has 0 unspecified atom stereocenters. The number of anilines is 1. The molecule has 2 aliphatic rings. The summed E-state index contributed by atoms with van der Waals surface area (Å²) in [4.78, 5) is 39.5. The van der Waals surface area contributed by atoms with E-state index in [9.17, 15) is 14.4 Å². The number of hydrogen-bond acceptors (Lipinski definition) is 5. The third-order valence-corrected chi connectivity index (χ3v) is 6.52. The second kappa shape index (κ2) is 11.4. The minimum atomic E-state index is -0.332. The molecule has 0 spiro atoms. The van der Waals surface area contributed by atoms with Crippen LogP contribution in [0.4, 0.5) is 5.69 Å². The maximum Gasteiger partial charge on any atom is 0.257 e. The monoisotopic (exact) mass is 479 g/mol. The summed E-state index contributed by atoms with van der Waals surface area (Å²) < 4.78 is 12.2. The Bertz CT molecular complexity index is 1060. The minimum Gasteiger partial charge on any atom is -0.490 e. The predicted molar refractivity (Wildman–Crippen MR) is 132 cm³/mol. The number of amides is 3. The van der Waals surface area contributed by atoms with Crippen molar-refractivity contribution in [1.29, 1.82) is 0 Å². The zero-order chi connectivity index (χ0) is 24.8. The average Bonchev–Trinajstić information content (AvgIpc) is 2.86. The molecular formula is C27H33N3O5. The average molecular weight is 480 g/mol. The lowest BCUT2D eigenvalue weighted by Gasteiger charge is -2.42. The van der Waals surface area contributed by atoms with Crippen molar-refractivity contribution in [3.05, 3.63) is 59.7 Å². The van der Waals surface area contributed by atoms with Crippen LogP contribution in [-0.2, 0) is 20.9 Å². The Morgan fingerprint density at radius 3 is 2.66 bits per heavy atom. The van der Waals surface area contributed by atoms with E-state index in [1.54, 1.807) is 30.1 Å². The molecular weight excluding hydrogens is 446 g/mol. The molecule has 0 radical (unpaired) electrons. The number of hydrogen-bond donors (Lipinski definition) is 2. The molecule has 8 heteroatoms. The number of ether oxygens (including phenoxy) is 2. The third-order valence-electron chi connectivity index (χ3n) is 6.52. The molecule has 3 amide bonds. The third kappa shape index (κ3) is 6.19. The van der Waals surface area contributed by atoms with Crippen LogP contribution < -0.4 is 15.4 Å². The smallest absolute Gasteiger partial charge is 0.257 e. The van der Waals surface area contributed by atoms with Gasteiger partial charge in [-0.1, -0.05) is 37.3 Å². The Labute approximate surface area is 206 Å². The number of nitrogens with one attached hydrogen (secondary N) is 2. The second-order valence-electron chi connectivity index (χ2n) is 9.14. The highest BCUT2D eigenvalue weighted by atomic mass is 16.5. The van der Waals surface area contributed by atoms with Gasteiger partial charge in [0.2, 0.25) is 11.8 Å². The normalized spacial score (nSPS) is 21.6. The molecule has 0 saturated carbocycles. The molecule has 186 valence electrons. The van der Waals surface area contributed by atoms with Gasteiger partial charge in [-0.3, -0.25) is 14.4 Å². The number of carbonyl (C=O) groups is 3.